The highest BCUT2D eigenvalue weighted by molar-refractivity contribution is 7.10. The predicted molar refractivity (Wildman–Crippen MR) is 119 cm³/mol. The van der Waals surface area contributed by atoms with Gasteiger partial charge in [-0.1, -0.05) is 36.3 Å². The molecule has 150 valence electrons. The average molecular weight is 408 g/mol. The van der Waals surface area contributed by atoms with Gasteiger partial charge in [0.05, 0.1) is 28.4 Å². The summed E-state index contributed by atoms with van der Waals surface area (Å²) in [5, 5.41) is 10.3. The molecule has 1 aromatic heterocycles. The molecule has 0 unspecified atom stereocenters. The van der Waals surface area contributed by atoms with Gasteiger partial charge in [0.2, 0.25) is 5.91 Å². The second-order valence-electron chi connectivity index (χ2n) is 6.63. The fourth-order valence-electron chi connectivity index (χ4n) is 2.65. The summed E-state index contributed by atoms with van der Waals surface area (Å²) in [6, 6.07) is 9.71. The predicted octanol–water partition coefficient (Wildman–Crippen LogP) is 3.48. The molecular weight excluding hydrogens is 382 g/mol. The lowest BCUT2D eigenvalue weighted by atomic mass is 10.1. The molecule has 1 aromatic carbocycles. The Morgan fingerprint density at radius 1 is 1.38 bits per heavy atom. The first-order valence-electron chi connectivity index (χ1n) is 9.14. The van der Waals surface area contributed by atoms with Crippen molar-refractivity contribution in [2.24, 2.45) is 4.99 Å². The third-order valence-corrected chi connectivity index (χ3v) is 4.91. The van der Waals surface area contributed by atoms with Gasteiger partial charge in [0.15, 0.2) is 0 Å². The first-order chi connectivity index (χ1) is 13.9. The molecule has 0 aliphatic rings. The Kier molecular flexibility index (Phi) is 8.53. The zero-order valence-electron chi connectivity index (χ0n) is 16.9. The smallest absolute Gasteiger partial charge is 0.249 e. The Morgan fingerprint density at radius 2 is 2.10 bits per heavy atom. The summed E-state index contributed by atoms with van der Waals surface area (Å²) in [5.74, 6) is 5.89. The van der Waals surface area contributed by atoms with Crippen LogP contribution in [0, 0.1) is 11.8 Å². The van der Waals surface area contributed by atoms with Gasteiger partial charge >= 0.3 is 0 Å². The third kappa shape index (κ3) is 7.15. The largest absolute Gasteiger partial charge is 0.391 e. The molecule has 0 fully saturated rings. The van der Waals surface area contributed by atoms with Gasteiger partial charge in [0.25, 0.3) is 0 Å². The van der Waals surface area contributed by atoms with Crippen molar-refractivity contribution in [1.29, 1.82) is 0 Å². The van der Waals surface area contributed by atoms with E-state index in [1.807, 2.05) is 30.3 Å². The number of aliphatic hydroxyl groups is 1. The number of allylic oxidation sites excluding steroid dienone is 3. The Hall–Kier alpha value is -3.01. The second kappa shape index (κ2) is 11.1. The lowest BCUT2D eigenvalue weighted by Crippen LogP contribution is -2.35. The SMILES string of the molecule is C=N/C(C)=C(C#Cc1cncs1)\C=C(/C)C(=O)N(C)C[C@@H](O)Cc1ccccc1. The molecule has 0 saturated carbocycles. The number of likely N-dealkylation sites (N-methyl/N-ethyl adjacent to an activating group) is 1. The van der Waals surface area contributed by atoms with Gasteiger partial charge in [-0.3, -0.25) is 14.8 Å². The first kappa shape index (κ1) is 22.3. The standard InChI is InChI=1S/C23H25N3O2S/c1-17(12-20(18(2)24-3)10-11-22-14-25-16-29-22)23(28)26(4)15-21(27)13-19-8-6-5-7-9-19/h5-9,12,14,16,21,27H,3,13,15H2,1-2,4H3/b17-12+,20-18-/t21-/m0/s1. The molecule has 0 spiro atoms. The van der Waals surface area contributed by atoms with Crippen LogP contribution in [0.15, 0.2) is 70.0 Å². The van der Waals surface area contributed by atoms with Crippen LogP contribution in [-0.2, 0) is 11.2 Å². The van der Waals surface area contributed by atoms with E-state index in [9.17, 15) is 9.90 Å². The normalized spacial score (nSPS) is 13.0. The maximum absolute atomic E-state index is 12.7. The van der Waals surface area contributed by atoms with Gasteiger partial charge in [-0.2, -0.15) is 0 Å². The molecule has 1 amide bonds. The molecule has 2 rings (SSSR count). The van der Waals surface area contributed by atoms with Gasteiger partial charge in [0, 0.05) is 31.2 Å². The summed E-state index contributed by atoms with van der Waals surface area (Å²) < 4.78 is 0. The Bertz CT molecular complexity index is 951. The van der Waals surface area contributed by atoms with Crippen LogP contribution >= 0.6 is 11.3 Å². The van der Waals surface area contributed by atoms with Crippen molar-refractivity contribution in [3.8, 4) is 11.8 Å². The van der Waals surface area contributed by atoms with Gasteiger partial charge in [-0.05, 0) is 38.1 Å². The maximum atomic E-state index is 12.7. The molecule has 0 aliphatic heterocycles. The number of amides is 1. The van der Waals surface area contributed by atoms with Crippen LogP contribution in [0.4, 0.5) is 0 Å². The molecule has 29 heavy (non-hydrogen) atoms. The number of aliphatic hydroxyl groups excluding tert-OH is 1. The lowest BCUT2D eigenvalue weighted by Gasteiger charge is -2.21. The van der Waals surface area contributed by atoms with E-state index in [1.165, 1.54) is 16.2 Å². The fourth-order valence-corrected chi connectivity index (χ4v) is 3.12. The van der Waals surface area contributed by atoms with Crippen molar-refractivity contribution in [3.05, 3.63) is 75.4 Å². The molecule has 2 aromatic rings. The zero-order chi connectivity index (χ0) is 21.2. The van der Waals surface area contributed by atoms with Crippen LogP contribution in [0.5, 0.6) is 0 Å². The minimum atomic E-state index is -0.642. The number of hydrogen-bond donors (Lipinski definition) is 1. The highest BCUT2D eigenvalue weighted by atomic mass is 32.1. The number of thiazole rings is 1. The van der Waals surface area contributed by atoms with E-state index < -0.39 is 6.10 Å². The Labute approximate surface area is 176 Å². The molecule has 1 heterocycles. The second-order valence-corrected chi connectivity index (χ2v) is 7.52. The number of aliphatic imine (C=N–C) groups is 1. The molecule has 1 N–H and O–H groups in total. The monoisotopic (exact) mass is 407 g/mol. The van der Waals surface area contributed by atoms with Crippen LogP contribution in [0.3, 0.4) is 0 Å². The van der Waals surface area contributed by atoms with Gasteiger partial charge in [0.1, 0.15) is 0 Å². The Balaban J connectivity index is 2.08. The summed E-state index contributed by atoms with van der Waals surface area (Å²) in [5.41, 5.74) is 4.52. The average Bonchev–Trinajstić information content (AvgIpc) is 3.23. The van der Waals surface area contributed by atoms with E-state index in [0.717, 1.165) is 10.4 Å². The highest BCUT2D eigenvalue weighted by Gasteiger charge is 2.16. The molecular formula is C23H25N3O2S. The van der Waals surface area contributed by atoms with E-state index >= 15 is 0 Å². The van der Waals surface area contributed by atoms with Crippen molar-refractivity contribution in [3.63, 3.8) is 0 Å². The van der Waals surface area contributed by atoms with Crippen LogP contribution in [0.1, 0.15) is 24.3 Å². The summed E-state index contributed by atoms with van der Waals surface area (Å²) in [4.78, 5) is 23.0. The van der Waals surface area contributed by atoms with E-state index in [0.29, 0.717) is 23.3 Å². The topological polar surface area (TPSA) is 65.8 Å². The molecule has 0 saturated heterocycles. The number of aromatic nitrogens is 1. The molecule has 0 aliphatic carbocycles. The van der Waals surface area contributed by atoms with Crippen molar-refractivity contribution in [1.82, 2.24) is 9.88 Å². The van der Waals surface area contributed by atoms with Crippen molar-refractivity contribution < 1.29 is 9.90 Å². The van der Waals surface area contributed by atoms with Gasteiger partial charge < -0.3 is 10.0 Å². The van der Waals surface area contributed by atoms with Crippen LogP contribution in [0.2, 0.25) is 0 Å². The molecule has 6 heteroatoms. The van der Waals surface area contributed by atoms with Crippen LogP contribution < -0.4 is 0 Å². The van der Waals surface area contributed by atoms with Gasteiger partial charge in [-0.15, -0.1) is 11.3 Å². The number of nitrogens with zero attached hydrogens (tertiary/aromatic N) is 3. The lowest BCUT2D eigenvalue weighted by molar-refractivity contribution is -0.127. The summed E-state index contributed by atoms with van der Waals surface area (Å²) >= 11 is 1.44. The fraction of sp³-hybridized carbons (Fsp3) is 0.261. The summed E-state index contributed by atoms with van der Waals surface area (Å²) in [7, 11) is 1.68. The van der Waals surface area contributed by atoms with E-state index in [2.05, 4.69) is 28.5 Å². The molecule has 1 atom stereocenters. The summed E-state index contributed by atoms with van der Waals surface area (Å²) in [6.45, 7) is 7.32. The minimum Gasteiger partial charge on any atom is -0.391 e. The van der Waals surface area contributed by atoms with Crippen LogP contribution in [-0.4, -0.2) is 47.3 Å². The number of benzene rings is 1. The summed E-state index contributed by atoms with van der Waals surface area (Å²) in [6.07, 6.45) is 3.25. The van der Waals surface area contributed by atoms with Crippen molar-refractivity contribution >= 4 is 24.0 Å². The maximum Gasteiger partial charge on any atom is 0.249 e. The van der Waals surface area contributed by atoms with E-state index in [-0.39, 0.29) is 12.5 Å². The number of rotatable bonds is 7. The molecule has 0 bridgehead atoms. The van der Waals surface area contributed by atoms with Crippen LogP contribution in [0.25, 0.3) is 0 Å². The number of hydrogen-bond acceptors (Lipinski definition) is 5. The first-order valence-corrected chi connectivity index (χ1v) is 10.0. The van der Waals surface area contributed by atoms with E-state index in [1.54, 1.807) is 38.7 Å². The molecule has 5 nitrogen and oxygen atoms in total. The minimum absolute atomic E-state index is 0.175. The number of carbonyl (C=O) groups excluding carboxylic acids is 1. The quantitative estimate of drug-likeness (QED) is 0.331. The van der Waals surface area contributed by atoms with E-state index in [4.69, 9.17) is 0 Å². The zero-order valence-corrected chi connectivity index (χ0v) is 17.7. The molecule has 0 radical (unpaired) electrons. The van der Waals surface area contributed by atoms with Crippen molar-refractivity contribution in [2.75, 3.05) is 13.6 Å². The Morgan fingerprint density at radius 3 is 2.72 bits per heavy atom. The third-order valence-electron chi connectivity index (χ3n) is 4.22. The van der Waals surface area contributed by atoms with Crippen molar-refractivity contribution in [2.45, 2.75) is 26.4 Å². The number of carbonyl (C=O) groups is 1. The van der Waals surface area contributed by atoms with Gasteiger partial charge in [-0.25, -0.2) is 0 Å². The highest BCUT2D eigenvalue weighted by Crippen LogP contribution is 2.13.